The number of nitro benzene ring substituents is 1. The summed E-state index contributed by atoms with van der Waals surface area (Å²) in [5.74, 6) is -1.18. The number of nitrogens with zero attached hydrogens (tertiary/aromatic N) is 4. The summed E-state index contributed by atoms with van der Waals surface area (Å²) >= 11 is 0. The molecule has 3 rings (SSSR count). The van der Waals surface area contributed by atoms with Gasteiger partial charge >= 0.3 is 5.97 Å². The van der Waals surface area contributed by atoms with Gasteiger partial charge in [-0.15, -0.1) is 0 Å². The minimum absolute atomic E-state index is 0.0910. The summed E-state index contributed by atoms with van der Waals surface area (Å²) in [6.45, 7) is 1.39. The fourth-order valence-electron chi connectivity index (χ4n) is 2.08. The van der Waals surface area contributed by atoms with Gasteiger partial charge in [0, 0.05) is 12.1 Å². The van der Waals surface area contributed by atoms with Crippen LogP contribution in [0.1, 0.15) is 17.3 Å². The van der Waals surface area contributed by atoms with Crippen LogP contribution in [0.25, 0.3) is 11.2 Å². The minimum Gasteiger partial charge on any atom is -0.449 e. The Balaban J connectivity index is 1.66. The predicted octanol–water partition coefficient (Wildman–Crippen LogP) is 1.45. The number of carbonyl (C=O) groups is 2. The Morgan fingerprint density at radius 1 is 1.23 bits per heavy atom. The number of aromatic amines is 1. The maximum Gasteiger partial charge on any atom is 0.338 e. The maximum absolute atomic E-state index is 12.2. The van der Waals surface area contributed by atoms with E-state index >= 15 is 0 Å². The van der Waals surface area contributed by atoms with Gasteiger partial charge in [0.1, 0.15) is 11.8 Å². The zero-order chi connectivity index (χ0) is 18.7. The smallest absolute Gasteiger partial charge is 0.338 e. The van der Waals surface area contributed by atoms with Crippen molar-refractivity contribution in [3.63, 3.8) is 0 Å². The highest BCUT2D eigenvalue weighted by atomic mass is 16.6. The zero-order valence-electron chi connectivity index (χ0n) is 13.4. The number of anilines is 1. The molecule has 1 unspecified atom stereocenters. The number of amides is 1. The second kappa shape index (κ2) is 6.93. The quantitative estimate of drug-likeness (QED) is 0.395. The summed E-state index contributed by atoms with van der Waals surface area (Å²) in [4.78, 5) is 48.9. The fraction of sp³-hybridized carbons (Fsp3) is 0.133. The second-order valence-corrected chi connectivity index (χ2v) is 5.16. The van der Waals surface area contributed by atoms with Crippen molar-refractivity contribution in [2.45, 2.75) is 13.0 Å². The number of nitrogens with one attached hydrogen (secondary N) is 2. The first-order valence-corrected chi connectivity index (χ1v) is 7.36. The molecule has 0 aliphatic carbocycles. The number of ether oxygens (including phenoxy) is 1. The Kier molecular flexibility index (Phi) is 4.51. The van der Waals surface area contributed by atoms with Crippen molar-refractivity contribution in [1.82, 2.24) is 19.9 Å². The van der Waals surface area contributed by atoms with Crippen molar-refractivity contribution >= 4 is 34.5 Å². The van der Waals surface area contributed by atoms with E-state index in [-0.39, 0.29) is 17.1 Å². The Morgan fingerprint density at radius 3 is 2.65 bits per heavy atom. The zero-order valence-corrected chi connectivity index (χ0v) is 13.4. The van der Waals surface area contributed by atoms with E-state index < -0.39 is 22.9 Å². The first-order chi connectivity index (χ1) is 12.5. The molecular formula is C15H12N6O5. The number of aromatic nitrogens is 4. The second-order valence-electron chi connectivity index (χ2n) is 5.16. The standard InChI is InChI=1S/C15H12N6O5/c1-8(26-15(23)9-2-4-10(5-3-9)21(24)25)14(22)20-13-11-12(17-6-16-11)18-7-19-13/h2-8H,1H3,(H2,16,17,18,19,20,22). The van der Waals surface area contributed by atoms with Crippen molar-refractivity contribution in [1.29, 1.82) is 0 Å². The third-order valence-corrected chi connectivity index (χ3v) is 3.43. The molecule has 2 aromatic heterocycles. The van der Waals surface area contributed by atoms with Crippen LogP contribution in [0.5, 0.6) is 0 Å². The summed E-state index contributed by atoms with van der Waals surface area (Å²) in [5, 5.41) is 13.1. The lowest BCUT2D eigenvalue weighted by Gasteiger charge is -2.13. The number of imidazole rings is 1. The van der Waals surface area contributed by atoms with Crippen LogP contribution in [-0.2, 0) is 9.53 Å². The van der Waals surface area contributed by atoms with E-state index in [9.17, 15) is 19.7 Å². The highest BCUT2D eigenvalue weighted by Crippen LogP contribution is 2.16. The molecule has 1 atom stereocenters. The van der Waals surface area contributed by atoms with Gasteiger partial charge in [0.25, 0.3) is 11.6 Å². The van der Waals surface area contributed by atoms with Crippen LogP contribution in [0.2, 0.25) is 0 Å². The largest absolute Gasteiger partial charge is 0.449 e. The first kappa shape index (κ1) is 17.0. The number of nitro groups is 1. The number of carbonyl (C=O) groups excluding carboxylic acids is 2. The molecule has 3 aromatic rings. The lowest BCUT2D eigenvalue weighted by Crippen LogP contribution is -2.30. The highest BCUT2D eigenvalue weighted by Gasteiger charge is 2.21. The average Bonchev–Trinajstić information content (AvgIpc) is 3.11. The molecule has 1 aromatic carbocycles. The van der Waals surface area contributed by atoms with Gasteiger partial charge in [-0.3, -0.25) is 14.9 Å². The number of non-ortho nitro benzene ring substituents is 1. The monoisotopic (exact) mass is 356 g/mol. The van der Waals surface area contributed by atoms with Crippen LogP contribution < -0.4 is 5.32 Å². The lowest BCUT2D eigenvalue weighted by atomic mass is 10.2. The van der Waals surface area contributed by atoms with Gasteiger partial charge in [-0.25, -0.2) is 19.7 Å². The molecule has 0 saturated carbocycles. The van der Waals surface area contributed by atoms with Crippen LogP contribution in [0.4, 0.5) is 11.5 Å². The predicted molar refractivity (Wildman–Crippen MR) is 88.3 cm³/mol. The lowest BCUT2D eigenvalue weighted by molar-refractivity contribution is -0.384. The SMILES string of the molecule is CC(OC(=O)c1ccc([N+](=O)[O-])cc1)C(=O)Nc1ncnc2nc[nH]c12. The molecule has 0 radical (unpaired) electrons. The number of hydrogen-bond donors (Lipinski definition) is 2. The van der Waals surface area contributed by atoms with E-state index in [1.54, 1.807) is 0 Å². The normalized spacial score (nSPS) is 11.7. The third kappa shape index (κ3) is 3.45. The van der Waals surface area contributed by atoms with E-state index in [0.29, 0.717) is 11.2 Å². The molecule has 0 fully saturated rings. The van der Waals surface area contributed by atoms with Crippen LogP contribution in [0.3, 0.4) is 0 Å². The Hall–Kier alpha value is -3.89. The number of hydrogen-bond acceptors (Lipinski definition) is 8. The van der Waals surface area contributed by atoms with Gasteiger partial charge in [0.15, 0.2) is 17.6 Å². The number of fused-ring (bicyclic) bond motifs is 1. The van der Waals surface area contributed by atoms with Crippen LogP contribution in [0, 0.1) is 10.1 Å². The van der Waals surface area contributed by atoms with Gasteiger partial charge in [-0.05, 0) is 19.1 Å². The summed E-state index contributed by atoms with van der Waals surface area (Å²) < 4.78 is 5.07. The van der Waals surface area contributed by atoms with E-state index in [0.717, 1.165) is 0 Å². The van der Waals surface area contributed by atoms with E-state index in [2.05, 4.69) is 25.3 Å². The third-order valence-electron chi connectivity index (χ3n) is 3.43. The Labute approximate surface area is 145 Å². The molecule has 11 heteroatoms. The number of H-pyrrole nitrogens is 1. The number of esters is 1. The average molecular weight is 356 g/mol. The van der Waals surface area contributed by atoms with Crippen LogP contribution >= 0.6 is 0 Å². The van der Waals surface area contributed by atoms with Gasteiger partial charge in [0.05, 0.1) is 16.8 Å². The highest BCUT2D eigenvalue weighted by molar-refractivity contribution is 6.00. The Morgan fingerprint density at radius 2 is 1.96 bits per heavy atom. The molecule has 132 valence electrons. The molecule has 0 bridgehead atoms. The van der Waals surface area contributed by atoms with E-state index in [4.69, 9.17) is 4.74 Å². The molecular weight excluding hydrogens is 344 g/mol. The van der Waals surface area contributed by atoms with E-state index in [1.807, 2.05) is 0 Å². The molecule has 0 saturated heterocycles. The van der Waals surface area contributed by atoms with Crippen LogP contribution in [-0.4, -0.2) is 42.8 Å². The summed E-state index contributed by atoms with van der Waals surface area (Å²) in [6, 6.07) is 4.86. The molecule has 26 heavy (non-hydrogen) atoms. The first-order valence-electron chi connectivity index (χ1n) is 7.36. The molecule has 1 amide bonds. The Bertz CT molecular complexity index is 984. The van der Waals surface area contributed by atoms with Gasteiger partial charge in [0.2, 0.25) is 0 Å². The maximum atomic E-state index is 12.2. The van der Waals surface area contributed by atoms with Gasteiger partial charge < -0.3 is 15.0 Å². The summed E-state index contributed by atoms with van der Waals surface area (Å²) in [5.41, 5.74) is 0.758. The molecule has 11 nitrogen and oxygen atoms in total. The van der Waals surface area contributed by atoms with Gasteiger partial charge in [-0.2, -0.15) is 0 Å². The minimum atomic E-state index is -1.12. The van der Waals surface area contributed by atoms with Crippen molar-refractivity contribution < 1.29 is 19.2 Å². The number of benzene rings is 1. The molecule has 2 heterocycles. The van der Waals surface area contributed by atoms with Gasteiger partial charge in [-0.1, -0.05) is 0 Å². The fourth-order valence-corrected chi connectivity index (χ4v) is 2.08. The molecule has 0 aliphatic rings. The molecule has 0 aliphatic heterocycles. The van der Waals surface area contributed by atoms with Crippen molar-refractivity contribution in [3.05, 3.63) is 52.6 Å². The van der Waals surface area contributed by atoms with Crippen molar-refractivity contribution in [3.8, 4) is 0 Å². The van der Waals surface area contributed by atoms with Crippen molar-refractivity contribution in [2.24, 2.45) is 0 Å². The van der Waals surface area contributed by atoms with Crippen molar-refractivity contribution in [2.75, 3.05) is 5.32 Å². The molecule has 2 N–H and O–H groups in total. The topological polar surface area (TPSA) is 153 Å². The summed E-state index contributed by atoms with van der Waals surface area (Å²) in [7, 11) is 0. The molecule has 0 spiro atoms. The summed E-state index contributed by atoms with van der Waals surface area (Å²) in [6.07, 6.45) is 1.53. The number of rotatable bonds is 5. The van der Waals surface area contributed by atoms with E-state index in [1.165, 1.54) is 43.8 Å². The van der Waals surface area contributed by atoms with Crippen LogP contribution in [0.15, 0.2) is 36.9 Å².